The van der Waals surface area contributed by atoms with Crippen molar-refractivity contribution in [3.63, 3.8) is 0 Å². The average molecular weight is 351 g/mol. The second kappa shape index (κ2) is 7.99. The Morgan fingerprint density at radius 3 is 2.46 bits per heavy atom. The van der Waals surface area contributed by atoms with Crippen LogP contribution in [-0.4, -0.2) is 48.9 Å². The van der Waals surface area contributed by atoms with E-state index in [1.807, 2.05) is 37.3 Å². The molecule has 0 amide bonds. The molecule has 3 rings (SSSR count). The topological polar surface area (TPSA) is 104 Å². The molecular weight excluding hydrogens is 330 g/mol. The van der Waals surface area contributed by atoms with Crippen molar-refractivity contribution < 1.29 is 10.2 Å². The van der Waals surface area contributed by atoms with Crippen molar-refractivity contribution >= 4 is 5.82 Å². The highest BCUT2D eigenvalue weighted by atomic mass is 16.3. The van der Waals surface area contributed by atoms with Gasteiger partial charge < -0.3 is 15.5 Å². The Hall–Kier alpha value is -2.90. The molecule has 3 aromatic heterocycles. The van der Waals surface area contributed by atoms with E-state index in [0.29, 0.717) is 29.5 Å². The molecule has 7 heteroatoms. The summed E-state index contributed by atoms with van der Waals surface area (Å²) in [7, 11) is 0. The van der Waals surface area contributed by atoms with E-state index in [0.717, 1.165) is 5.56 Å². The molecule has 0 aliphatic carbocycles. The lowest BCUT2D eigenvalue weighted by molar-refractivity contribution is 0.132. The molecule has 3 aromatic rings. The lowest BCUT2D eigenvalue weighted by Crippen LogP contribution is -2.45. The number of nitrogens with one attached hydrogen (secondary N) is 1. The van der Waals surface area contributed by atoms with Crippen LogP contribution < -0.4 is 5.32 Å². The molecule has 26 heavy (non-hydrogen) atoms. The highest BCUT2D eigenvalue weighted by Crippen LogP contribution is 2.25. The number of hydrogen-bond donors (Lipinski definition) is 3. The number of aliphatic hydroxyl groups is 2. The van der Waals surface area contributed by atoms with Crippen molar-refractivity contribution in [2.24, 2.45) is 0 Å². The van der Waals surface area contributed by atoms with Crippen LogP contribution in [0.5, 0.6) is 0 Å². The van der Waals surface area contributed by atoms with Gasteiger partial charge in [0.1, 0.15) is 11.5 Å². The Labute approximate surface area is 151 Å². The molecule has 0 fully saturated rings. The molecule has 0 saturated carbocycles. The van der Waals surface area contributed by atoms with E-state index in [2.05, 4.69) is 25.3 Å². The summed E-state index contributed by atoms with van der Waals surface area (Å²) in [5, 5.41) is 22.6. The van der Waals surface area contributed by atoms with Crippen LogP contribution in [0.4, 0.5) is 5.82 Å². The molecule has 0 aromatic carbocycles. The summed E-state index contributed by atoms with van der Waals surface area (Å²) >= 11 is 0. The first-order chi connectivity index (χ1) is 12.7. The van der Waals surface area contributed by atoms with Gasteiger partial charge in [-0.05, 0) is 30.7 Å². The quantitative estimate of drug-likeness (QED) is 0.599. The molecule has 0 spiro atoms. The predicted octanol–water partition coefficient (Wildman–Crippen LogP) is 2.15. The minimum atomic E-state index is -0.859. The van der Waals surface area contributed by atoms with Gasteiger partial charge in [-0.25, -0.2) is 9.97 Å². The van der Waals surface area contributed by atoms with Crippen molar-refractivity contribution in [1.82, 2.24) is 19.9 Å². The zero-order chi connectivity index (χ0) is 18.4. The SMILES string of the molecule is CCC(CO)(CO)Nc1cc(-c2cccnc2)nc(-c2ccccn2)n1. The summed E-state index contributed by atoms with van der Waals surface area (Å²) in [4.78, 5) is 17.6. The average Bonchev–Trinajstić information content (AvgIpc) is 2.73. The van der Waals surface area contributed by atoms with Crippen LogP contribution in [-0.2, 0) is 0 Å². The fraction of sp³-hybridized carbons (Fsp3) is 0.263. The lowest BCUT2D eigenvalue weighted by atomic mass is 9.98. The number of hydrogen-bond acceptors (Lipinski definition) is 7. The number of anilines is 1. The van der Waals surface area contributed by atoms with Crippen LogP contribution in [0.25, 0.3) is 22.8 Å². The zero-order valence-electron chi connectivity index (χ0n) is 14.5. The largest absolute Gasteiger partial charge is 0.394 e. The number of rotatable bonds is 7. The maximum Gasteiger partial charge on any atom is 0.180 e. The Balaban J connectivity index is 2.09. The van der Waals surface area contributed by atoms with Crippen LogP contribution >= 0.6 is 0 Å². The Morgan fingerprint density at radius 2 is 1.85 bits per heavy atom. The Morgan fingerprint density at radius 1 is 1.00 bits per heavy atom. The first kappa shape index (κ1) is 17.9. The number of aliphatic hydroxyl groups excluding tert-OH is 2. The Kier molecular flexibility index (Phi) is 5.50. The summed E-state index contributed by atoms with van der Waals surface area (Å²) in [6.45, 7) is 1.46. The van der Waals surface area contributed by atoms with Crippen molar-refractivity contribution in [2.75, 3.05) is 18.5 Å². The van der Waals surface area contributed by atoms with Crippen LogP contribution in [0.2, 0.25) is 0 Å². The van der Waals surface area contributed by atoms with Gasteiger partial charge in [-0.1, -0.05) is 13.0 Å². The van der Waals surface area contributed by atoms with E-state index in [1.165, 1.54) is 0 Å². The van der Waals surface area contributed by atoms with E-state index in [4.69, 9.17) is 0 Å². The van der Waals surface area contributed by atoms with Gasteiger partial charge >= 0.3 is 0 Å². The smallest absolute Gasteiger partial charge is 0.180 e. The van der Waals surface area contributed by atoms with Crippen LogP contribution in [0.3, 0.4) is 0 Å². The molecule has 0 unspecified atom stereocenters. The highest BCUT2D eigenvalue weighted by Gasteiger charge is 2.27. The van der Waals surface area contributed by atoms with Crippen LogP contribution in [0.1, 0.15) is 13.3 Å². The van der Waals surface area contributed by atoms with Gasteiger partial charge in [-0.2, -0.15) is 0 Å². The van der Waals surface area contributed by atoms with Gasteiger partial charge in [0.05, 0.1) is 24.4 Å². The van der Waals surface area contributed by atoms with Crippen molar-refractivity contribution in [2.45, 2.75) is 18.9 Å². The molecule has 0 radical (unpaired) electrons. The summed E-state index contributed by atoms with van der Waals surface area (Å²) in [5.74, 6) is 0.958. The summed E-state index contributed by atoms with van der Waals surface area (Å²) < 4.78 is 0. The highest BCUT2D eigenvalue weighted by molar-refractivity contribution is 5.66. The van der Waals surface area contributed by atoms with Crippen molar-refractivity contribution in [1.29, 1.82) is 0 Å². The summed E-state index contributed by atoms with van der Waals surface area (Å²) in [6.07, 6.45) is 5.63. The molecule has 3 heterocycles. The first-order valence-electron chi connectivity index (χ1n) is 8.40. The third kappa shape index (κ3) is 3.84. The molecule has 7 nitrogen and oxygen atoms in total. The Bertz CT molecular complexity index is 773. The molecule has 0 aliphatic rings. The van der Waals surface area contributed by atoms with Gasteiger partial charge in [0.15, 0.2) is 5.82 Å². The van der Waals surface area contributed by atoms with Gasteiger partial charge in [0.2, 0.25) is 0 Å². The second-order valence-electron chi connectivity index (χ2n) is 5.99. The maximum atomic E-state index is 9.72. The fourth-order valence-electron chi connectivity index (χ4n) is 2.50. The minimum absolute atomic E-state index is 0.217. The molecule has 0 bridgehead atoms. The van der Waals surface area contributed by atoms with Crippen molar-refractivity contribution in [3.05, 3.63) is 55.0 Å². The lowest BCUT2D eigenvalue weighted by Gasteiger charge is -2.30. The molecule has 134 valence electrons. The van der Waals surface area contributed by atoms with Crippen LogP contribution in [0.15, 0.2) is 55.0 Å². The minimum Gasteiger partial charge on any atom is -0.394 e. The fourth-order valence-corrected chi connectivity index (χ4v) is 2.50. The third-order valence-corrected chi connectivity index (χ3v) is 4.25. The van der Waals surface area contributed by atoms with E-state index >= 15 is 0 Å². The normalized spacial score (nSPS) is 11.3. The third-order valence-electron chi connectivity index (χ3n) is 4.25. The zero-order valence-corrected chi connectivity index (χ0v) is 14.5. The van der Waals surface area contributed by atoms with E-state index in [1.54, 1.807) is 24.7 Å². The summed E-state index contributed by atoms with van der Waals surface area (Å²) in [6, 6.07) is 11.0. The van der Waals surface area contributed by atoms with Gasteiger partial charge in [0, 0.05) is 30.2 Å². The van der Waals surface area contributed by atoms with E-state index < -0.39 is 5.54 Å². The molecule has 0 aliphatic heterocycles. The monoisotopic (exact) mass is 351 g/mol. The maximum absolute atomic E-state index is 9.72. The molecular formula is C19H21N5O2. The summed E-state index contributed by atoms with van der Waals surface area (Å²) in [5.41, 5.74) is 1.29. The van der Waals surface area contributed by atoms with Crippen LogP contribution in [0, 0.1) is 0 Å². The number of pyridine rings is 2. The first-order valence-corrected chi connectivity index (χ1v) is 8.40. The van der Waals surface area contributed by atoms with Gasteiger partial charge in [-0.15, -0.1) is 0 Å². The predicted molar refractivity (Wildman–Crippen MR) is 99.3 cm³/mol. The molecule has 0 atom stereocenters. The molecule has 3 N–H and O–H groups in total. The van der Waals surface area contributed by atoms with E-state index in [9.17, 15) is 10.2 Å². The van der Waals surface area contributed by atoms with E-state index in [-0.39, 0.29) is 13.2 Å². The second-order valence-corrected chi connectivity index (χ2v) is 5.99. The van der Waals surface area contributed by atoms with Gasteiger partial charge in [0.25, 0.3) is 0 Å². The van der Waals surface area contributed by atoms with Crippen molar-refractivity contribution in [3.8, 4) is 22.8 Å². The molecule has 0 saturated heterocycles. The standard InChI is InChI=1S/C19H21N5O2/c1-2-19(12-25,13-26)24-17-10-16(14-6-5-8-20-11-14)22-18(23-17)15-7-3-4-9-21-15/h3-11,25-26H,2,12-13H2,1H3,(H,22,23,24). The van der Waals surface area contributed by atoms with Gasteiger partial charge in [-0.3, -0.25) is 9.97 Å². The number of aromatic nitrogens is 4. The number of nitrogens with zero attached hydrogens (tertiary/aromatic N) is 4.